The lowest BCUT2D eigenvalue weighted by Crippen LogP contribution is -2.14. The van der Waals surface area contributed by atoms with Crippen LogP contribution in [-0.2, 0) is 21.2 Å². The number of nitrogens with one attached hydrogen (secondary N) is 2. The van der Waals surface area contributed by atoms with E-state index in [1.807, 2.05) is 4.72 Å². The maximum atomic E-state index is 13.5. The molecule has 1 amide bonds. The third-order valence-electron chi connectivity index (χ3n) is 3.18. The molecule has 0 unspecified atom stereocenters. The fourth-order valence-electron chi connectivity index (χ4n) is 2.15. The topological polar surface area (TPSA) is 75.3 Å². The van der Waals surface area contributed by atoms with E-state index >= 15 is 0 Å². The van der Waals surface area contributed by atoms with Crippen molar-refractivity contribution < 1.29 is 22.0 Å². The fraction of sp³-hybridized carbons (Fsp3) is 0.0714. The zero-order valence-electron chi connectivity index (χ0n) is 11.1. The summed E-state index contributed by atoms with van der Waals surface area (Å²) in [4.78, 5) is 11.1. The summed E-state index contributed by atoms with van der Waals surface area (Å²) in [6.07, 6.45) is 0.0764. The number of carbonyl (C=O) groups is 1. The highest BCUT2D eigenvalue weighted by atomic mass is 32.2. The molecule has 114 valence electrons. The Morgan fingerprint density at radius 2 is 1.86 bits per heavy atom. The van der Waals surface area contributed by atoms with E-state index in [4.69, 9.17) is 0 Å². The lowest BCUT2D eigenvalue weighted by Gasteiger charge is -2.10. The predicted molar refractivity (Wildman–Crippen MR) is 75.9 cm³/mol. The Labute approximate surface area is 125 Å². The molecule has 0 saturated carbocycles. The van der Waals surface area contributed by atoms with Crippen molar-refractivity contribution in [2.75, 3.05) is 10.0 Å². The van der Waals surface area contributed by atoms with Gasteiger partial charge in [0.1, 0.15) is 11.6 Å². The highest BCUT2D eigenvalue weighted by Gasteiger charge is 2.22. The third-order valence-corrected chi connectivity index (χ3v) is 4.55. The number of amides is 1. The number of halogens is 2. The highest BCUT2D eigenvalue weighted by Crippen LogP contribution is 2.27. The van der Waals surface area contributed by atoms with Crippen LogP contribution in [0.3, 0.4) is 0 Å². The van der Waals surface area contributed by atoms with Crippen molar-refractivity contribution in [3.63, 3.8) is 0 Å². The van der Waals surface area contributed by atoms with Gasteiger partial charge in [0.15, 0.2) is 0 Å². The van der Waals surface area contributed by atoms with Crippen molar-refractivity contribution in [3.05, 3.63) is 53.6 Å². The molecule has 2 aromatic rings. The van der Waals surface area contributed by atoms with E-state index in [1.54, 1.807) is 0 Å². The number of hydrogen-bond acceptors (Lipinski definition) is 3. The van der Waals surface area contributed by atoms with Crippen molar-refractivity contribution in [2.24, 2.45) is 0 Å². The Morgan fingerprint density at radius 3 is 2.64 bits per heavy atom. The molecule has 0 atom stereocenters. The molecule has 0 saturated heterocycles. The average molecular weight is 324 g/mol. The summed E-state index contributed by atoms with van der Waals surface area (Å²) in [5.74, 6) is -1.88. The van der Waals surface area contributed by atoms with Crippen LogP contribution < -0.4 is 10.0 Å². The van der Waals surface area contributed by atoms with Gasteiger partial charge in [-0.15, -0.1) is 0 Å². The molecule has 2 N–H and O–H groups in total. The molecule has 0 aromatic heterocycles. The Bertz CT molecular complexity index is 882. The van der Waals surface area contributed by atoms with Gasteiger partial charge in [0, 0.05) is 11.8 Å². The normalized spacial score (nSPS) is 13.6. The van der Waals surface area contributed by atoms with Gasteiger partial charge in [-0.25, -0.2) is 17.2 Å². The molecule has 22 heavy (non-hydrogen) atoms. The smallest absolute Gasteiger partial charge is 0.262 e. The minimum Gasteiger partial charge on any atom is -0.326 e. The van der Waals surface area contributed by atoms with Crippen LogP contribution in [0.5, 0.6) is 0 Å². The van der Waals surface area contributed by atoms with Crippen LogP contribution in [0.2, 0.25) is 0 Å². The highest BCUT2D eigenvalue weighted by molar-refractivity contribution is 7.92. The van der Waals surface area contributed by atoms with Crippen LogP contribution in [0, 0.1) is 11.6 Å². The van der Waals surface area contributed by atoms with E-state index in [1.165, 1.54) is 18.2 Å². The summed E-state index contributed by atoms with van der Waals surface area (Å²) in [6.45, 7) is 0. The first kappa shape index (κ1) is 14.5. The van der Waals surface area contributed by atoms with E-state index in [2.05, 4.69) is 5.32 Å². The summed E-state index contributed by atoms with van der Waals surface area (Å²) < 4.78 is 53.1. The number of benzene rings is 2. The van der Waals surface area contributed by atoms with Gasteiger partial charge in [-0.3, -0.25) is 9.52 Å². The second-order valence-electron chi connectivity index (χ2n) is 4.77. The van der Waals surface area contributed by atoms with Gasteiger partial charge in [-0.1, -0.05) is 0 Å². The summed E-state index contributed by atoms with van der Waals surface area (Å²) in [5, 5.41) is 2.58. The number of hydrogen-bond donors (Lipinski definition) is 2. The Morgan fingerprint density at radius 1 is 1.09 bits per heavy atom. The molecular weight excluding hydrogens is 314 g/mol. The van der Waals surface area contributed by atoms with E-state index < -0.39 is 27.3 Å². The molecule has 0 spiro atoms. The number of carbonyl (C=O) groups excluding carboxylic acids is 1. The first-order valence-corrected chi connectivity index (χ1v) is 7.74. The van der Waals surface area contributed by atoms with Crippen LogP contribution in [0.25, 0.3) is 0 Å². The summed E-state index contributed by atoms with van der Waals surface area (Å²) in [7, 11) is -4.09. The summed E-state index contributed by atoms with van der Waals surface area (Å²) in [6, 6.07) is 6.54. The lowest BCUT2D eigenvalue weighted by atomic mass is 10.2. The van der Waals surface area contributed by atoms with Gasteiger partial charge in [0.05, 0.1) is 17.0 Å². The molecule has 0 radical (unpaired) electrons. The van der Waals surface area contributed by atoms with Gasteiger partial charge >= 0.3 is 0 Å². The largest absolute Gasteiger partial charge is 0.326 e. The van der Waals surface area contributed by atoms with E-state index in [0.29, 0.717) is 11.3 Å². The molecule has 2 aromatic carbocycles. The Hall–Kier alpha value is -2.48. The number of sulfonamides is 1. The molecule has 0 aliphatic carbocycles. The molecule has 1 heterocycles. The SMILES string of the molecule is O=C1Cc2cc(S(=O)(=O)Nc3cc(F)ccc3F)ccc2N1. The first-order chi connectivity index (χ1) is 10.3. The van der Waals surface area contributed by atoms with Gasteiger partial charge in [0.25, 0.3) is 10.0 Å². The summed E-state index contributed by atoms with van der Waals surface area (Å²) in [5.41, 5.74) is 0.600. The van der Waals surface area contributed by atoms with Crippen molar-refractivity contribution in [3.8, 4) is 0 Å². The Kier molecular flexibility index (Phi) is 3.32. The number of rotatable bonds is 3. The molecule has 5 nitrogen and oxygen atoms in total. The minimum absolute atomic E-state index is 0.0764. The van der Waals surface area contributed by atoms with Crippen molar-refractivity contribution in [2.45, 2.75) is 11.3 Å². The maximum absolute atomic E-state index is 13.5. The molecule has 8 heteroatoms. The summed E-state index contributed by atoms with van der Waals surface area (Å²) >= 11 is 0. The maximum Gasteiger partial charge on any atom is 0.262 e. The van der Waals surface area contributed by atoms with Gasteiger partial charge in [0.2, 0.25) is 5.91 Å². The fourth-order valence-corrected chi connectivity index (χ4v) is 3.26. The molecular formula is C14H10F2N2O3S. The number of fused-ring (bicyclic) bond motifs is 1. The molecule has 3 rings (SSSR count). The zero-order valence-corrected chi connectivity index (χ0v) is 11.9. The van der Waals surface area contributed by atoms with Gasteiger partial charge in [-0.2, -0.15) is 0 Å². The lowest BCUT2D eigenvalue weighted by molar-refractivity contribution is -0.115. The van der Waals surface area contributed by atoms with Crippen LogP contribution >= 0.6 is 0 Å². The monoisotopic (exact) mass is 324 g/mol. The second kappa shape index (κ2) is 5.06. The standard InChI is InChI=1S/C14H10F2N2O3S/c15-9-1-3-11(16)13(7-9)18-22(20,21)10-2-4-12-8(5-10)6-14(19)17-12/h1-5,7,18H,6H2,(H,17,19). The van der Waals surface area contributed by atoms with E-state index in [-0.39, 0.29) is 17.2 Å². The van der Waals surface area contributed by atoms with Crippen LogP contribution in [-0.4, -0.2) is 14.3 Å². The predicted octanol–water partition coefficient (Wildman–Crippen LogP) is 2.26. The third kappa shape index (κ3) is 2.64. The minimum atomic E-state index is -4.09. The van der Waals surface area contributed by atoms with Gasteiger partial charge < -0.3 is 5.32 Å². The quantitative estimate of drug-likeness (QED) is 0.909. The first-order valence-electron chi connectivity index (χ1n) is 6.26. The molecule has 1 aliphatic rings. The van der Waals surface area contributed by atoms with Crippen LogP contribution in [0.1, 0.15) is 5.56 Å². The van der Waals surface area contributed by atoms with Crippen molar-refractivity contribution in [1.29, 1.82) is 0 Å². The van der Waals surface area contributed by atoms with E-state index in [9.17, 15) is 22.0 Å². The van der Waals surface area contributed by atoms with Crippen LogP contribution in [0.15, 0.2) is 41.3 Å². The van der Waals surface area contributed by atoms with Gasteiger partial charge in [-0.05, 0) is 35.9 Å². The average Bonchev–Trinajstić information content (AvgIpc) is 2.81. The number of anilines is 2. The molecule has 0 bridgehead atoms. The Balaban J connectivity index is 1.95. The van der Waals surface area contributed by atoms with Crippen molar-refractivity contribution in [1.82, 2.24) is 0 Å². The second-order valence-corrected chi connectivity index (χ2v) is 6.46. The van der Waals surface area contributed by atoms with E-state index in [0.717, 1.165) is 18.2 Å². The van der Waals surface area contributed by atoms with Crippen molar-refractivity contribution >= 4 is 27.3 Å². The molecule has 1 aliphatic heterocycles. The van der Waals surface area contributed by atoms with Crippen LogP contribution in [0.4, 0.5) is 20.2 Å². The zero-order chi connectivity index (χ0) is 15.9. The molecule has 0 fully saturated rings.